The molecule has 0 saturated carbocycles. The fraction of sp³-hybridized carbons (Fsp3) is 0.462. The number of amidine groups is 1. The second-order valence-electron chi connectivity index (χ2n) is 4.47. The number of fused-ring (bicyclic) bond motifs is 1. The lowest BCUT2D eigenvalue weighted by Gasteiger charge is -2.22. The molecule has 5 heteroatoms. The molecule has 0 aliphatic carbocycles. The highest BCUT2D eigenvalue weighted by molar-refractivity contribution is 8.00. The van der Waals surface area contributed by atoms with Crippen LogP contribution in [-0.2, 0) is 6.42 Å². The number of thioether (sulfide) groups is 1. The van der Waals surface area contributed by atoms with Crippen molar-refractivity contribution in [2.24, 2.45) is 10.9 Å². The number of nitrogens with zero attached hydrogens (tertiary/aromatic N) is 2. The maximum Gasteiger partial charge on any atom is 0.153 e. The van der Waals surface area contributed by atoms with Crippen molar-refractivity contribution >= 4 is 17.6 Å². The second-order valence-corrected chi connectivity index (χ2v) is 5.81. The average Bonchev–Trinajstić information content (AvgIpc) is 2.79. The summed E-state index contributed by atoms with van der Waals surface area (Å²) in [7, 11) is 0. The van der Waals surface area contributed by atoms with E-state index in [9.17, 15) is 0 Å². The second kappa shape index (κ2) is 6.11. The standard InChI is InChI=1S/C13H19N3OS/c1-2-16(9-13(14)15-17)8-11-7-10-5-3-4-6-12(10)18-11/h3-6,11,17H,2,7-9H2,1H3,(H2,14,15). The third-order valence-corrected chi connectivity index (χ3v) is 4.44. The summed E-state index contributed by atoms with van der Waals surface area (Å²) in [5.74, 6) is 0.275. The predicted molar refractivity (Wildman–Crippen MR) is 75.3 cm³/mol. The van der Waals surface area contributed by atoms with Crippen LogP contribution in [0.4, 0.5) is 0 Å². The van der Waals surface area contributed by atoms with Gasteiger partial charge in [-0.3, -0.25) is 4.90 Å². The van der Waals surface area contributed by atoms with Gasteiger partial charge in [-0.25, -0.2) is 0 Å². The zero-order valence-electron chi connectivity index (χ0n) is 10.5. The Morgan fingerprint density at radius 1 is 1.56 bits per heavy atom. The lowest BCUT2D eigenvalue weighted by molar-refractivity contribution is 0.298. The smallest absolute Gasteiger partial charge is 0.153 e. The minimum atomic E-state index is 0.275. The average molecular weight is 265 g/mol. The number of hydrogen-bond donors (Lipinski definition) is 2. The van der Waals surface area contributed by atoms with Gasteiger partial charge < -0.3 is 10.9 Å². The largest absolute Gasteiger partial charge is 0.409 e. The molecule has 0 aromatic heterocycles. The Balaban J connectivity index is 1.91. The van der Waals surface area contributed by atoms with Crippen molar-refractivity contribution in [1.82, 2.24) is 4.90 Å². The molecule has 0 fully saturated rings. The normalized spacial score (nSPS) is 19.2. The van der Waals surface area contributed by atoms with Gasteiger partial charge in [0, 0.05) is 16.7 Å². The molecule has 1 heterocycles. The van der Waals surface area contributed by atoms with E-state index in [1.807, 2.05) is 11.8 Å². The maximum atomic E-state index is 8.61. The molecule has 0 bridgehead atoms. The van der Waals surface area contributed by atoms with Crippen LogP contribution in [0.1, 0.15) is 12.5 Å². The van der Waals surface area contributed by atoms with E-state index in [2.05, 4.69) is 41.2 Å². The minimum Gasteiger partial charge on any atom is -0.409 e. The molecule has 1 unspecified atom stereocenters. The van der Waals surface area contributed by atoms with Gasteiger partial charge in [-0.05, 0) is 24.6 Å². The molecule has 0 amide bonds. The molecule has 3 N–H and O–H groups in total. The van der Waals surface area contributed by atoms with Crippen LogP contribution in [-0.4, -0.2) is 40.8 Å². The molecule has 1 aromatic carbocycles. The maximum absolute atomic E-state index is 8.61. The third kappa shape index (κ3) is 3.17. The fourth-order valence-corrected chi connectivity index (χ4v) is 3.58. The summed E-state index contributed by atoms with van der Waals surface area (Å²) >= 11 is 1.93. The Hall–Kier alpha value is -1.20. The van der Waals surface area contributed by atoms with Gasteiger partial charge in [0.25, 0.3) is 0 Å². The summed E-state index contributed by atoms with van der Waals surface area (Å²) in [6.07, 6.45) is 1.10. The molecule has 1 atom stereocenters. The number of benzene rings is 1. The molecule has 1 aliphatic heterocycles. The Kier molecular flexibility index (Phi) is 4.49. The molecule has 0 saturated heterocycles. The van der Waals surface area contributed by atoms with E-state index in [0.717, 1.165) is 19.5 Å². The zero-order valence-corrected chi connectivity index (χ0v) is 11.4. The quantitative estimate of drug-likeness (QED) is 0.369. The molecular weight excluding hydrogens is 246 g/mol. The van der Waals surface area contributed by atoms with Gasteiger partial charge in [-0.2, -0.15) is 0 Å². The van der Waals surface area contributed by atoms with E-state index in [1.54, 1.807) is 0 Å². The van der Waals surface area contributed by atoms with Crippen LogP contribution in [0.2, 0.25) is 0 Å². The van der Waals surface area contributed by atoms with Crippen molar-refractivity contribution in [2.45, 2.75) is 23.5 Å². The zero-order chi connectivity index (χ0) is 13.0. The van der Waals surface area contributed by atoms with Crippen molar-refractivity contribution in [3.05, 3.63) is 29.8 Å². The molecule has 18 heavy (non-hydrogen) atoms. The number of hydrogen-bond acceptors (Lipinski definition) is 4. The van der Waals surface area contributed by atoms with E-state index in [-0.39, 0.29) is 5.84 Å². The first-order valence-electron chi connectivity index (χ1n) is 6.16. The molecule has 4 nitrogen and oxygen atoms in total. The van der Waals surface area contributed by atoms with E-state index in [1.165, 1.54) is 10.5 Å². The van der Waals surface area contributed by atoms with E-state index in [4.69, 9.17) is 10.9 Å². The number of rotatable bonds is 5. The van der Waals surface area contributed by atoms with Gasteiger partial charge in [0.05, 0.1) is 6.54 Å². The lowest BCUT2D eigenvalue weighted by Crippen LogP contribution is -2.38. The van der Waals surface area contributed by atoms with Crippen molar-refractivity contribution < 1.29 is 5.21 Å². The van der Waals surface area contributed by atoms with Gasteiger partial charge in [0.15, 0.2) is 5.84 Å². The van der Waals surface area contributed by atoms with Gasteiger partial charge in [-0.1, -0.05) is 30.3 Å². The van der Waals surface area contributed by atoms with Crippen molar-refractivity contribution in [1.29, 1.82) is 0 Å². The summed E-state index contributed by atoms with van der Waals surface area (Å²) in [5, 5.41) is 12.2. The van der Waals surface area contributed by atoms with Crippen molar-refractivity contribution in [2.75, 3.05) is 19.6 Å². The number of oxime groups is 1. The molecule has 98 valence electrons. The molecule has 2 rings (SSSR count). The Morgan fingerprint density at radius 3 is 3.00 bits per heavy atom. The minimum absolute atomic E-state index is 0.275. The Bertz CT molecular complexity index is 411. The topological polar surface area (TPSA) is 61.8 Å². The summed E-state index contributed by atoms with van der Waals surface area (Å²) in [6, 6.07) is 8.56. The number of nitrogens with two attached hydrogens (primary N) is 1. The van der Waals surface area contributed by atoms with Crippen LogP contribution in [0.25, 0.3) is 0 Å². The van der Waals surface area contributed by atoms with Crippen LogP contribution in [0.15, 0.2) is 34.3 Å². The van der Waals surface area contributed by atoms with Crippen LogP contribution in [0.3, 0.4) is 0 Å². The summed E-state index contributed by atoms with van der Waals surface area (Å²) in [6.45, 7) is 4.49. The number of likely N-dealkylation sites (N-methyl/N-ethyl adjacent to an activating group) is 1. The lowest BCUT2D eigenvalue weighted by atomic mass is 10.1. The predicted octanol–water partition coefficient (Wildman–Crippen LogP) is 1.77. The summed E-state index contributed by atoms with van der Waals surface area (Å²) in [5.41, 5.74) is 7.00. The SMILES string of the molecule is CCN(CC(N)=NO)CC1Cc2ccccc2S1. The molecule has 0 radical (unpaired) electrons. The van der Waals surface area contributed by atoms with E-state index in [0.29, 0.717) is 11.8 Å². The Morgan fingerprint density at radius 2 is 2.33 bits per heavy atom. The Labute approximate surface area is 112 Å². The monoisotopic (exact) mass is 265 g/mol. The summed E-state index contributed by atoms with van der Waals surface area (Å²) < 4.78 is 0. The highest BCUT2D eigenvalue weighted by Gasteiger charge is 2.23. The van der Waals surface area contributed by atoms with Crippen LogP contribution in [0, 0.1) is 0 Å². The fourth-order valence-electron chi connectivity index (χ4n) is 2.21. The van der Waals surface area contributed by atoms with E-state index >= 15 is 0 Å². The van der Waals surface area contributed by atoms with Crippen LogP contribution >= 0.6 is 11.8 Å². The third-order valence-electron chi connectivity index (χ3n) is 3.14. The highest BCUT2D eigenvalue weighted by Crippen LogP contribution is 2.36. The molecule has 1 aliphatic rings. The van der Waals surface area contributed by atoms with Crippen molar-refractivity contribution in [3.63, 3.8) is 0 Å². The first-order valence-corrected chi connectivity index (χ1v) is 7.04. The van der Waals surface area contributed by atoms with Crippen LogP contribution < -0.4 is 5.73 Å². The van der Waals surface area contributed by atoms with Crippen LogP contribution in [0.5, 0.6) is 0 Å². The van der Waals surface area contributed by atoms with Gasteiger partial charge in [0.1, 0.15) is 0 Å². The van der Waals surface area contributed by atoms with Gasteiger partial charge >= 0.3 is 0 Å². The first-order chi connectivity index (χ1) is 8.72. The molecule has 0 spiro atoms. The molecular formula is C13H19N3OS. The first kappa shape index (κ1) is 13.2. The van der Waals surface area contributed by atoms with Crippen molar-refractivity contribution in [3.8, 4) is 0 Å². The molecule has 1 aromatic rings. The highest BCUT2D eigenvalue weighted by atomic mass is 32.2. The summed E-state index contributed by atoms with van der Waals surface area (Å²) in [4.78, 5) is 3.60. The van der Waals surface area contributed by atoms with Gasteiger partial charge in [0.2, 0.25) is 0 Å². The van der Waals surface area contributed by atoms with E-state index < -0.39 is 0 Å². The van der Waals surface area contributed by atoms with Gasteiger partial charge in [-0.15, -0.1) is 11.8 Å².